The minimum absolute atomic E-state index is 0.327. The summed E-state index contributed by atoms with van der Waals surface area (Å²) in [6.45, 7) is 3.89. The van der Waals surface area contributed by atoms with Gasteiger partial charge in [-0.2, -0.15) is 0 Å². The summed E-state index contributed by atoms with van der Waals surface area (Å²) in [5, 5.41) is 0.367. The van der Waals surface area contributed by atoms with Crippen LogP contribution in [0.1, 0.15) is 11.1 Å². The first kappa shape index (κ1) is 11.7. The molecule has 0 aliphatic rings. The van der Waals surface area contributed by atoms with Crippen LogP contribution < -0.4 is 10.5 Å². The van der Waals surface area contributed by atoms with E-state index in [1.165, 1.54) is 12.5 Å². The Bertz CT molecular complexity index is 557. The number of aryl methyl sites for hydroxylation is 2. The van der Waals surface area contributed by atoms with Crippen molar-refractivity contribution in [1.82, 2.24) is 9.97 Å². The first-order valence-electron chi connectivity index (χ1n) is 5.08. The molecule has 0 spiro atoms. The second-order valence-electron chi connectivity index (χ2n) is 3.75. The molecular formula is C12H12ClN3O. The number of nitrogens with zero attached hydrogens (tertiary/aromatic N) is 2. The van der Waals surface area contributed by atoms with Crippen molar-refractivity contribution in [2.24, 2.45) is 0 Å². The van der Waals surface area contributed by atoms with E-state index in [4.69, 9.17) is 22.1 Å². The maximum Gasteiger partial charge on any atom is 0.241 e. The molecule has 0 fully saturated rings. The van der Waals surface area contributed by atoms with Gasteiger partial charge in [-0.3, -0.25) is 0 Å². The zero-order chi connectivity index (χ0) is 12.4. The summed E-state index contributed by atoms with van der Waals surface area (Å²) in [6.07, 6.45) is 2.87. The molecular weight excluding hydrogens is 238 g/mol. The maximum atomic E-state index is 5.92. The van der Waals surface area contributed by atoms with Gasteiger partial charge in [0, 0.05) is 11.8 Å². The van der Waals surface area contributed by atoms with Crippen LogP contribution in [0.15, 0.2) is 24.7 Å². The lowest BCUT2D eigenvalue weighted by atomic mass is 10.1. The van der Waals surface area contributed by atoms with Crippen molar-refractivity contribution in [1.29, 1.82) is 0 Å². The van der Waals surface area contributed by atoms with Crippen LogP contribution in [-0.4, -0.2) is 9.97 Å². The molecule has 0 amide bonds. The number of ether oxygens (including phenoxy) is 1. The van der Waals surface area contributed by atoms with Gasteiger partial charge in [0.05, 0.1) is 6.20 Å². The fraction of sp³-hybridized carbons (Fsp3) is 0.167. The summed E-state index contributed by atoms with van der Waals surface area (Å²) in [5.74, 6) is 0.974. The van der Waals surface area contributed by atoms with Crippen molar-refractivity contribution in [2.45, 2.75) is 13.8 Å². The van der Waals surface area contributed by atoms with Crippen LogP contribution in [0.25, 0.3) is 0 Å². The first-order valence-corrected chi connectivity index (χ1v) is 5.46. The van der Waals surface area contributed by atoms with Gasteiger partial charge in [-0.1, -0.05) is 17.7 Å². The van der Waals surface area contributed by atoms with E-state index in [-0.39, 0.29) is 0 Å². The summed E-state index contributed by atoms with van der Waals surface area (Å²) in [6, 6.07) is 3.73. The van der Waals surface area contributed by atoms with Crippen LogP contribution >= 0.6 is 11.6 Å². The molecule has 0 atom stereocenters. The fourth-order valence-electron chi connectivity index (χ4n) is 1.44. The predicted octanol–water partition coefficient (Wildman–Crippen LogP) is 3.12. The van der Waals surface area contributed by atoms with E-state index >= 15 is 0 Å². The Hall–Kier alpha value is -1.81. The molecule has 2 rings (SSSR count). The summed E-state index contributed by atoms with van der Waals surface area (Å²) >= 11 is 5.92. The lowest BCUT2D eigenvalue weighted by Gasteiger charge is -2.10. The Balaban J connectivity index is 2.37. The van der Waals surface area contributed by atoms with Crippen molar-refractivity contribution in [3.8, 4) is 11.6 Å². The minimum Gasteiger partial charge on any atom is -0.437 e. The number of nitrogen functional groups attached to an aromatic ring is 1. The van der Waals surface area contributed by atoms with Crippen molar-refractivity contribution in [3.63, 3.8) is 0 Å². The van der Waals surface area contributed by atoms with E-state index in [9.17, 15) is 0 Å². The smallest absolute Gasteiger partial charge is 0.241 e. The Labute approximate surface area is 104 Å². The molecule has 5 heteroatoms. The summed E-state index contributed by atoms with van der Waals surface area (Å²) in [5.41, 5.74) is 8.51. The molecule has 4 nitrogen and oxygen atoms in total. The molecule has 0 aliphatic heterocycles. The van der Waals surface area contributed by atoms with Crippen molar-refractivity contribution in [2.75, 3.05) is 5.73 Å². The quantitative estimate of drug-likeness (QED) is 0.831. The Morgan fingerprint density at radius 2 is 2.00 bits per heavy atom. The van der Waals surface area contributed by atoms with Crippen LogP contribution in [0.5, 0.6) is 11.6 Å². The maximum absolute atomic E-state index is 5.92. The fourth-order valence-corrected chi connectivity index (χ4v) is 1.58. The van der Waals surface area contributed by atoms with Crippen molar-refractivity contribution < 1.29 is 4.74 Å². The predicted molar refractivity (Wildman–Crippen MR) is 67.4 cm³/mol. The summed E-state index contributed by atoms with van der Waals surface area (Å²) in [7, 11) is 0. The molecule has 0 unspecified atom stereocenters. The van der Waals surface area contributed by atoms with Gasteiger partial charge >= 0.3 is 0 Å². The molecule has 0 saturated carbocycles. The number of nitrogens with two attached hydrogens (primary N) is 1. The molecule has 17 heavy (non-hydrogen) atoms. The largest absolute Gasteiger partial charge is 0.437 e. The summed E-state index contributed by atoms with van der Waals surface area (Å²) < 4.78 is 5.61. The van der Waals surface area contributed by atoms with Gasteiger partial charge < -0.3 is 10.5 Å². The van der Waals surface area contributed by atoms with E-state index < -0.39 is 0 Å². The van der Waals surface area contributed by atoms with Crippen LogP contribution in [0.4, 0.5) is 5.69 Å². The van der Waals surface area contributed by atoms with E-state index in [2.05, 4.69) is 9.97 Å². The number of aromatic nitrogens is 2. The highest BCUT2D eigenvalue weighted by Gasteiger charge is 2.08. The number of rotatable bonds is 2. The number of benzene rings is 1. The van der Waals surface area contributed by atoms with Gasteiger partial charge in [0.1, 0.15) is 17.1 Å². The van der Waals surface area contributed by atoms with Crippen molar-refractivity contribution >= 4 is 17.3 Å². The normalized spacial score (nSPS) is 10.3. The highest BCUT2D eigenvalue weighted by molar-refractivity contribution is 6.31. The van der Waals surface area contributed by atoms with E-state index in [0.717, 1.165) is 11.1 Å². The second kappa shape index (κ2) is 4.59. The first-order chi connectivity index (χ1) is 8.08. The lowest BCUT2D eigenvalue weighted by Crippen LogP contribution is -1.96. The molecule has 1 aromatic carbocycles. The van der Waals surface area contributed by atoms with E-state index in [1.807, 2.05) is 19.9 Å². The topological polar surface area (TPSA) is 61.0 Å². The van der Waals surface area contributed by atoms with Crippen LogP contribution in [0.3, 0.4) is 0 Å². The zero-order valence-electron chi connectivity index (χ0n) is 9.57. The third-order valence-electron chi connectivity index (χ3n) is 2.40. The van der Waals surface area contributed by atoms with Crippen LogP contribution in [-0.2, 0) is 0 Å². The molecule has 2 aromatic rings. The lowest BCUT2D eigenvalue weighted by molar-refractivity contribution is 0.458. The standard InChI is InChI=1S/C12H12ClN3O/c1-7-3-8(2)11(4-10(7)14)17-12-9(13)5-15-6-16-12/h3-6H,14H2,1-2H3. The van der Waals surface area contributed by atoms with Gasteiger partial charge in [-0.15, -0.1) is 0 Å². The molecule has 1 heterocycles. The van der Waals surface area contributed by atoms with Gasteiger partial charge in [0.15, 0.2) is 0 Å². The van der Waals surface area contributed by atoms with Gasteiger partial charge in [0.25, 0.3) is 0 Å². The molecule has 2 N–H and O–H groups in total. The van der Waals surface area contributed by atoms with Gasteiger partial charge in [-0.25, -0.2) is 9.97 Å². The van der Waals surface area contributed by atoms with Gasteiger partial charge in [-0.05, 0) is 25.0 Å². The monoisotopic (exact) mass is 249 g/mol. The third kappa shape index (κ3) is 2.47. The number of hydrogen-bond donors (Lipinski definition) is 1. The Kier molecular flexibility index (Phi) is 3.15. The van der Waals surface area contributed by atoms with Crippen molar-refractivity contribution in [3.05, 3.63) is 40.8 Å². The number of hydrogen-bond acceptors (Lipinski definition) is 4. The van der Waals surface area contributed by atoms with E-state index in [1.54, 1.807) is 6.07 Å². The van der Waals surface area contributed by atoms with Gasteiger partial charge in [0.2, 0.25) is 5.88 Å². The van der Waals surface area contributed by atoms with Crippen LogP contribution in [0, 0.1) is 13.8 Å². The number of halogens is 1. The molecule has 88 valence electrons. The van der Waals surface area contributed by atoms with Crippen LogP contribution in [0.2, 0.25) is 5.02 Å². The Morgan fingerprint density at radius 3 is 2.71 bits per heavy atom. The Morgan fingerprint density at radius 1 is 1.24 bits per heavy atom. The highest BCUT2D eigenvalue weighted by Crippen LogP contribution is 2.30. The second-order valence-corrected chi connectivity index (χ2v) is 4.16. The molecule has 0 saturated heterocycles. The zero-order valence-corrected chi connectivity index (χ0v) is 10.3. The molecule has 0 radical (unpaired) electrons. The average Bonchev–Trinajstić information content (AvgIpc) is 2.29. The average molecular weight is 250 g/mol. The summed E-state index contributed by atoms with van der Waals surface area (Å²) in [4.78, 5) is 7.75. The number of anilines is 1. The molecule has 0 bridgehead atoms. The molecule has 0 aliphatic carbocycles. The molecule has 1 aromatic heterocycles. The van der Waals surface area contributed by atoms with E-state index in [0.29, 0.717) is 22.3 Å². The SMILES string of the molecule is Cc1cc(C)c(Oc2ncncc2Cl)cc1N. The minimum atomic E-state index is 0.327. The highest BCUT2D eigenvalue weighted by atomic mass is 35.5. The third-order valence-corrected chi connectivity index (χ3v) is 2.66.